The zero-order valence-electron chi connectivity index (χ0n) is 30.4. The number of hydrogen-bond acceptors (Lipinski definition) is 4. The summed E-state index contributed by atoms with van der Waals surface area (Å²) in [6, 6.07) is 30.4. The van der Waals surface area contributed by atoms with E-state index in [1.807, 2.05) is 24.3 Å². The summed E-state index contributed by atoms with van der Waals surface area (Å²) in [6.45, 7) is 4.23. The van der Waals surface area contributed by atoms with E-state index in [2.05, 4.69) is 76.0 Å². The molecule has 3 fully saturated rings. The first-order valence-corrected chi connectivity index (χ1v) is 21.6. The van der Waals surface area contributed by atoms with Crippen LogP contribution in [-0.4, -0.2) is 34.6 Å². The molecule has 2 aliphatic heterocycles. The fourth-order valence-corrected chi connectivity index (χ4v) is 11.7. The molecular weight excluding hydrogens is 659 g/mol. The van der Waals surface area contributed by atoms with Crippen LogP contribution in [0.25, 0.3) is 21.5 Å². The minimum atomic E-state index is -3.80. The Morgan fingerprint density at radius 3 is 1.54 bits per heavy atom. The second-order valence-corrected chi connectivity index (χ2v) is 17.8. The van der Waals surface area contributed by atoms with Crippen molar-refractivity contribution >= 4 is 37.3 Å². The first-order chi connectivity index (χ1) is 25.5. The van der Waals surface area contributed by atoms with Crippen LogP contribution in [0.1, 0.15) is 121 Å². The van der Waals surface area contributed by atoms with Gasteiger partial charge in [-0.15, -0.1) is 0 Å². The first kappa shape index (κ1) is 34.1. The van der Waals surface area contributed by atoms with E-state index in [1.165, 1.54) is 82.7 Å². The molecule has 0 spiro atoms. The average Bonchev–Trinajstić information content (AvgIpc) is 3.20. The van der Waals surface area contributed by atoms with Crippen LogP contribution in [0.15, 0.2) is 89.8 Å². The third-order valence-electron chi connectivity index (χ3n) is 13.1. The Hall–Kier alpha value is -3.71. The van der Waals surface area contributed by atoms with Crippen molar-refractivity contribution in [3.05, 3.63) is 118 Å². The molecule has 270 valence electrons. The number of anilines is 1. The van der Waals surface area contributed by atoms with Crippen LogP contribution in [-0.2, 0) is 22.9 Å². The molecule has 4 aliphatic rings. The molecule has 3 N–H and O–H groups in total. The van der Waals surface area contributed by atoms with Crippen LogP contribution < -0.4 is 15.4 Å². The molecule has 2 heterocycles. The van der Waals surface area contributed by atoms with Crippen molar-refractivity contribution in [2.45, 2.75) is 106 Å². The zero-order valence-corrected chi connectivity index (χ0v) is 31.2. The van der Waals surface area contributed by atoms with E-state index < -0.39 is 10.0 Å². The lowest BCUT2D eigenvalue weighted by Crippen LogP contribution is -2.26. The smallest absolute Gasteiger partial charge is 0.262 e. The predicted molar refractivity (Wildman–Crippen MR) is 215 cm³/mol. The lowest BCUT2D eigenvalue weighted by atomic mass is 9.72. The van der Waals surface area contributed by atoms with Gasteiger partial charge in [-0.2, -0.15) is 0 Å². The van der Waals surface area contributed by atoms with Crippen LogP contribution in [0.2, 0.25) is 0 Å². The minimum Gasteiger partial charge on any atom is -0.317 e. The molecule has 2 saturated heterocycles. The molecule has 5 nitrogen and oxygen atoms in total. The molecule has 9 rings (SSSR count). The summed E-state index contributed by atoms with van der Waals surface area (Å²) in [5.74, 6) is 2.11. The van der Waals surface area contributed by atoms with Crippen LogP contribution in [0.5, 0.6) is 0 Å². The Kier molecular flexibility index (Phi) is 9.57. The Bertz CT molecular complexity index is 2190. The zero-order chi connectivity index (χ0) is 35.1. The van der Waals surface area contributed by atoms with Gasteiger partial charge in [-0.25, -0.2) is 8.42 Å². The fourth-order valence-electron chi connectivity index (χ4n) is 10.5. The van der Waals surface area contributed by atoms with Crippen molar-refractivity contribution in [2.24, 2.45) is 0 Å². The third-order valence-corrected chi connectivity index (χ3v) is 14.6. The van der Waals surface area contributed by atoms with E-state index in [4.69, 9.17) is 0 Å². The number of aryl methyl sites for hydroxylation is 1. The molecule has 0 aromatic heterocycles. The molecule has 0 bridgehead atoms. The SMILES string of the molecule is O=S(=O)(Nc1cc2c(c(C3CCC(c4ccc(C5CCNCC5)c5ccccc45)CC3)c1)CCCC2)c1ccc(C2CCNCC2)c2ccccc12. The van der Waals surface area contributed by atoms with Crippen molar-refractivity contribution < 1.29 is 8.42 Å². The lowest BCUT2D eigenvalue weighted by Gasteiger charge is -2.33. The summed E-state index contributed by atoms with van der Waals surface area (Å²) in [5.41, 5.74) is 9.28. The number of fused-ring (bicyclic) bond motifs is 3. The summed E-state index contributed by atoms with van der Waals surface area (Å²) in [5, 5.41) is 11.8. The Morgan fingerprint density at radius 2 is 0.962 bits per heavy atom. The highest BCUT2D eigenvalue weighted by atomic mass is 32.2. The number of nitrogens with one attached hydrogen (secondary N) is 3. The molecule has 5 aromatic carbocycles. The van der Waals surface area contributed by atoms with E-state index >= 15 is 0 Å². The molecule has 6 heteroatoms. The lowest BCUT2D eigenvalue weighted by molar-refractivity contribution is 0.395. The molecule has 5 aromatic rings. The van der Waals surface area contributed by atoms with Crippen LogP contribution in [0, 0.1) is 0 Å². The minimum absolute atomic E-state index is 0.374. The van der Waals surface area contributed by atoms with Gasteiger partial charge in [-0.05, 0) is 195 Å². The second kappa shape index (κ2) is 14.6. The number of rotatable bonds is 7. The van der Waals surface area contributed by atoms with Gasteiger partial charge in [0.25, 0.3) is 10.0 Å². The maximum absolute atomic E-state index is 14.3. The molecule has 0 amide bonds. The highest BCUT2D eigenvalue weighted by Gasteiger charge is 2.30. The molecule has 1 saturated carbocycles. The van der Waals surface area contributed by atoms with E-state index in [9.17, 15) is 8.42 Å². The second-order valence-electron chi connectivity index (χ2n) is 16.1. The third kappa shape index (κ3) is 6.56. The molecule has 0 atom stereocenters. The standard InChI is InChI=1S/C46H53N3O2S/c50-52(51,46-20-19-40(34-23-27-48-28-24-34)43-11-5-6-12-44(43)46)49-36-29-35-7-1-2-8-37(35)45(30-36)32-15-13-31(14-16-32)38-17-18-39(33-21-25-47-26-22-33)42-10-4-3-9-41(38)42/h3-6,9-12,17-20,29-34,47-49H,1-2,7-8,13-16,21-28H2. The van der Waals surface area contributed by atoms with Crippen LogP contribution >= 0.6 is 0 Å². The maximum atomic E-state index is 14.3. The first-order valence-electron chi connectivity index (χ1n) is 20.2. The van der Waals surface area contributed by atoms with E-state index in [0.29, 0.717) is 28.6 Å². The van der Waals surface area contributed by atoms with E-state index in [1.54, 1.807) is 0 Å². The largest absolute Gasteiger partial charge is 0.317 e. The molecule has 0 unspecified atom stereocenters. The summed E-state index contributed by atoms with van der Waals surface area (Å²) in [4.78, 5) is 0.374. The predicted octanol–water partition coefficient (Wildman–Crippen LogP) is 10.0. The summed E-state index contributed by atoms with van der Waals surface area (Å²) >= 11 is 0. The van der Waals surface area contributed by atoms with Gasteiger partial charge in [0, 0.05) is 11.1 Å². The Labute approximate surface area is 310 Å². The summed E-state index contributed by atoms with van der Waals surface area (Å²) in [7, 11) is -3.80. The Balaban J connectivity index is 0.984. The highest BCUT2D eigenvalue weighted by Crippen LogP contribution is 2.46. The van der Waals surface area contributed by atoms with Crippen molar-refractivity contribution in [2.75, 3.05) is 30.9 Å². The highest BCUT2D eigenvalue weighted by molar-refractivity contribution is 7.93. The van der Waals surface area contributed by atoms with Crippen LogP contribution in [0.4, 0.5) is 5.69 Å². The van der Waals surface area contributed by atoms with E-state index in [-0.39, 0.29) is 0 Å². The van der Waals surface area contributed by atoms with Gasteiger partial charge in [0.15, 0.2) is 0 Å². The van der Waals surface area contributed by atoms with Crippen LogP contribution in [0.3, 0.4) is 0 Å². The quantitative estimate of drug-likeness (QED) is 0.157. The van der Waals surface area contributed by atoms with Crippen molar-refractivity contribution in [1.82, 2.24) is 10.6 Å². The summed E-state index contributed by atoms with van der Waals surface area (Å²) in [6.07, 6.45) is 13.7. The number of sulfonamides is 1. The topological polar surface area (TPSA) is 70.2 Å². The average molecular weight is 712 g/mol. The molecule has 52 heavy (non-hydrogen) atoms. The number of piperidine rings is 2. The molecule has 0 radical (unpaired) electrons. The number of benzene rings is 5. The van der Waals surface area contributed by atoms with Gasteiger partial charge in [-0.1, -0.05) is 66.7 Å². The Morgan fingerprint density at radius 1 is 0.500 bits per heavy atom. The van der Waals surface area contributed by atoms with E-state index in [0.717, 1.165) is 81.2 Å². The van der Waals surface area contributed by atoms with Gasteiger partial charge in [0.2, 0.25) is 0 Å². The van der Waals surface area contributed by atoms with Gasteiger partial charge in [-0.3, -0.25) is 4.72 Å². The monoisotopic (exact) mass is 711 g/mol. The molecular formula is C46H53N3O2S. The molecule has 2 aliphatic carbocycles. The van der Waals surface area contributed by atoms with Gasteiger partial charge in [0.1, 0.15) is 0 Å². The van der Waals surface area contributed by atoms with Gasteiger partial charge in [0.05, 0.1) is 4.90 Å². The normalized spacial score (nSPS) is 22.0. The van der Waals surface area contributed by atoms with Gasteiger partial charge < -0.3 is 10.6 Å². The van der Waals surface area contributed by atoms with Crippen molar-refractivity contribution in [3.63, 3.8) is 0 Å². The maximum Gasteiger partial charge on any atom is 0.262 e. The van der Waals surface area contributed by atoms with Gasteiger partial charge >= 0.3 is 0 Å². The van der Waals surface area contributed by atoms with Crippen molar-refractivity contribution in [3.8, 4) is 0 Å². The van der Waals surface area contributed by atoms with Crippen molar-refractivity contribution in [1.29, 1.82) is 0 Å². The summed E-state index contributed by atoms with van der Waals surface area (Å²) < 4.78 is 31.6. The fraction of sp³-hybridized carbons (Fsp3) is 0.435. The number of hydrogen-bond donors (Lipinski definition) is 3.